The lowest BCUT2D eigenvalue weighted by molar-refractivity contribution is -0.264. The molecule has 2 aliphatic rings. The zero-order valence-electron chi connectivity index (χ0n) is 15.2. The molecule has 140 valence electrons. The number of aliphatic hydroxyl groups is 1. The summed E-state index contributed by atoms with van der Waals surface area (Å²) in [5.41, 5.74) is 0. The minimum absolute atomic E-state index is 0.00292. The lowest BCUT2D eigenvalue weighted by Crippen LogP contribution is -2.31. The van der Waals surface area contributed by atoms with Crippen LogP contribution < -0.4 is 0 Å². The van der Waals surface area contributed by atoms with E-state index in [1.807, 2.05) is 0 Å². The molecule has 2 unspecified atom stereocenters. The van der Waals surface area contributed by atoms with Gasteiger partial charge < -0.3 is 19.3 Å². The van der Waals surface area contributed by atoms with Crippen molar-refractivity contribution < 1.29 is 19.3 Å². The molecule has 2 fully saturated rings. The number of unbranched alkanes of at least 4 members (excludes halogenated alkanes) is 6. The van der Waals surface area contributed by atoms with E-state index in [0.29, 0.717) is 6.61 Å². The molecule has 2 saturated heterocycles. The predicted molar refractivity (Wildman–Crippen MR) is 96.5 cm³/mol. The summed E-state index contributed by atoms with van der Waals surface area (Å²) < 4.78 is 16.6. The van der Waals surface area contributed by atoms with Crippen LogP contribution in [-0.2, 0) is 14.2 Å². The maximum atomic E-state index is 8.48. The Morgan fingerprint density at radius 2 is 1.38 bits per heavy atom. The van der Waals surface area contributed by atoms with Crippen molar-refractivity contribution in [2.24, 2.45) is 0 Å². The van der Waals surface area contributed by atoms with E-state index in [2.05, 4.69) is 5.92 Å². The van der Waals surface area contributed by atoms with Gasteiger partial charge in [0.2, 0.25) is 0 Å². The molecular formula is C20H36O4. The summed E-state index contributed by atoms with van der Waals surface area (Å²) in [5, 5.41) is 8.48. The minimum atomic E-state index is -0.00292. The number of hydrogen-bond acceptors (Lipinski definition) is 4. The summed E-state index contributed by atoms with van der Waals surface area (Å²) in [6.45, 7) is 2.03. The fourth-order valence-electron chi connectivity index (χ4n) is 2.85. The Labute approximate surface area is 148 Å². The number of ether oxygens (including phenoxy) is 3. The summed E-state index contributed by atoms with van der Waals surface area (Å²) in [6.07, 6.45) is 19.9. The van der Waals surface area contributed by atoms with Gasteiger partial charge in [-0.2, -0.15) is 0 Å². The highest BCUT2D eigenvalue weighted by Gasteiger charge is 2.21. The molecule has 0 aromatic carbocycles. The molecule has 0 bridgehead atoms. The van der Waals surface area contributed by atoms with Crippen molar-refractivity contribution in [1.29, 1.82) is 0 Å². The second kappa shape index (κ2) is 15.9. The zero-order valence-corrected chi connectivity index (χ0v) is 15.2. The Hall–Kier alpha value is -0.600. The lowest BCUT2D eigenvalue weighted by Gasteiger charge is -2.29. The fraction of sp³-hybridized carbons (Fsp3) is 0.900. The first-order valence-corrected chi connectivity index (χ1v) is 9.80. The molecule has 0 aliphatic carbocycles. The van der Waals surface area contributed by atoms with E-state index in [0.717, 1.165) is 51.7 Å². The molecule has 0 aromatic heterocycles. The van der Waals surface area contributed by atoms with Gasteiger partial charge in [-0.3, -0.25) is 0 Å². The maximum Gasteiger partial charge on any atom is 0.160 e. The largest absolute Gasteiger partial charge is 0.396 e. The number of terminal acetylenes is 1. The van der Waals surface area contributed by atoms with Crippen LogP contribution in [-0.4, -0.2) is 37.5 Å². The maximum absolute atomic E-state index is 8.48. The summed E-state index contributed by atoms with van der Waals surface area (Å²) >= 11 is 0. The van der Waals surface area contributed by atoms with Crippen molar-refractivity contribution >= 4 is 0 Å². The summed E-state index contributed by atoms with van der Waals surface area (Å²) in [5.74, 6) is 2.63. The van der Waals surface area contributed by atoms with Gasteiger partial charge >= 0.3 is 0 Å². The lowest BCUT2D eigenvalue weighted by atomic mass is 10.1. The van der Waals surface area contributed by atoms with Crippen LogP contribution in [0.25, 0.3) is 0 Å². The molecule has 24 heavy (non-hydrogen) atoms. The van der Waals surface area contributed by atoms with Gasteiger partial charge in [0.1, 0.15) is 0 Å². The van der Waals surface area contributed by atoms with Gasteiger partial charge in [0.25, 0.3) is 0 Å². The van der Waals surface area contributed by atoms with Crippen molar-refractivity contribution in [2.75, 3.05) is 19.8 Å². The smallest absolute Gasteiger partial charge is 0.160 e. The Bertz CT molecular complexity index is 285. The summed E-state index contributed by atoms with van der Waals surface area (Å²) in [6, 6.07) is 0. The van der Waals surface area contributed by atoms with E-state index in [9.17, 15) is 0 Å². The molecule has 2 rings (SSSR count). The molecule has 0 radical (unpaired) electrons. The van der Waals surface area contributed by atoms with Crippen LogP contribution in [0.4, 0.5) is 0 Å². The molecule has 2 heterocycles. The van der Waals surface area contributed by atoms with E-state index in [1.54, 1.807) is 0 Å². The number of aliphatic hydroxyl groups excluding tert-OH is 1. The first-order valence-electron chi connectivity index (χ1n) is 9.80. The number of hydrogen-bond donors (Lipinski definition) is 1. The molecule has 0 saturated carbocycles. The molecule has 4 nitrogen and oxygen atoms in total. The van der Waals surface area contributed by atoms with Gasteiger partial charge in [-0.15, -0.1) is 12.3 Å². The second-order valence-electron chi connectivity index (χ2n) is 6.53. The molecule has 1 N–H and O–H groups in total. The highest BCUT2D eigenvalue weighted by molar-refractivity contribution is 4.82. The zero-order chi connectivity index (χ0) is 17.3. The van der Waals surface area contributed by atoms with Gasteiger partial charge in [-0.25, -0.2) is 0 Å². The van der Waals surface area contributed by atoms with Crippen LogP contribution >= 0.6 is 0 Å². The third kappa shape index (κ3) is 11.9. The molecule has 0 spiro atoms. The monoisotopic (exact) mass is 340 g/mol. The standard InChI is InChI=1S/C10H18O3.C10H18O/c1-3-7-11-9(5-1)13-10-6-2-4-8-12-10;1-2-3-4-5-6-7-8-9-10-11/h9-10H,1-8H2;1,11H,3-10H2. The average molecular weight is 341 g/mol. The quantitative estimate of drug-likeness (QED) is 0.499. The van der Waals surface area contributed by atoms with Crippen molar-refractivity contribution in [3.8, 4) is 12.3 Å². The Kier molecular flexibility index (Phi) is 14.2. The molecule has 4 heteroatoms. The number of rotatable bonds is 9. The van der Waals surface area contributed by atoms with E-state index < -0.39 is 0 Å². The normalized spacial score (nSPS) is 23.8. The Morgan fingerprint density at radius 1 is 0.833 bits per heavy atom. The second-order valence-corrected chi connectivity index (χ2v) is 6.53. The van der Waals surface area contributed by atoms with E-state index in [4.69, 9.17) is 25.7 Å². The van der Waals surface area contributed by atoms with E-state index >= 15 is 0 Å². The first kappa shape index (κ1) is 21.4. The van der Waals surface area contributed by atoms with Crippen molar-refractivity contribution in [3.05, 3.63) is 0 Å². The van der Waals surface area contributed by atoms with Crippen molar-refractivity contribution in [1.82, 2.24) is 0 Å². The third-order valence-corrected chi connectivity index (χ3v) is 4.31. The van der Waals surface area contributed by atoms with Crippen LogP contribution in [0, 0.1) is 12.3 Å². The fourth-order valence-corrected chi connectivity index (χ4v) is 2.85. The highest BCUT2D eigenvalue weighted by atomic mass is 16.8. The highest BCUT2D eigenvalue weighted by Crippen LogP contribution is 2.20. The van der Waals surface area contributed by atoms with Gasteiger partial charge in [-0.1, -0.05) is 25.7 Å². The van der Waals surface area contributed by atoms with Gasteiger partial charge in [0.05, 0.1) is 0 Å². The molecule has 0 aromatic rings. The van der Waals surface area contributed by atoms with Gasteiger partial charge in [0.15, 0.2) is 12.6 Å². The molecule has 2 atom stereocenters. The SMILES string of the molecule is C#CCCCCCCCCO.C1CCC(OC2CCCCO2)OC1. The molecule has 0 amide bonds. The van der Waals surface area contributed by atoms with Crippen LogP contribution in [0.3, 0.4) is 0 Å². The Balaban J connectivity index is 0.000000245. The van der Waals surface area contributed by atoms with Crippen LogP contribution in [0.5, 0.6) is 0 Å². The molecule has 2 aliphatic heterocycles. The first-order chi connectivity index (χ1) is 11.9. The van der Waals surface area contributed by atoms with Crippen LogP contribution in [0.2, 0.25) is 0 Å². The van der Waals surface area contributed by atoms with Crippen molar-refractivity contribution in [2.45, 2.75) is 96.1 Å². The minimum Gasteiger partial charge on any atom is -0.396 e. The van der Waals surface area contributed by atoms with Gasteiger partial charge in [0, 0.05) is 26.2 Å². The van der Waals surface area contributed by atoms with Crippen LogP contribution in [0.1, 0.15) is 83.5 Å². The topological polar surface area (TPSA) is 47.9 Å². The van der Waals surface area contributed by atoms with Crippen LogP contribution in [0.15, 0.2) is 0 Å². The molecular weight excluding hydrogens is 304 g/mol. The summed E-state index contributed by atoms with van der Waals surface area (Å²) in [7, 11) is 0. The Morgan fingerprint density at radius 3 is 1.83 bits per heavy atom. The average Bonchev–Trinajstić information content (AvgIpc) is 2.63. The predicted octanol–water partition coefficient (Wildman–Crippen LogP) is 4.40. The van der Waals surface area contributed by atoms with E-state index in [1.165, 1.54) is 44.9 Å². The van der Waals surface area contributed by atoms with E-state index in [-0.39, 0.29) is 12.6 Å². The van der Waals surface area contributed by atoms with Gasteiger partial charge in [-0.05, 0) is 51.4 Å². The van der Waals surface area contributed by atoms with Crippen molar-refractivity contribution in [3.63, 3.8) is 0 Å². The third-order valence-electron chi connectivity index (χ3n) is 4.31. The summed E-state index contributed by atoms with van der Waals surface area (Å²) in [4.78, 5) is 0.